The first-order chi connectivity index (χ1) is 9.94. The molecule has 2 aromatic rings. The highest BCUT2D eigenvalue weighted by atomic mass is 15.1. The molecule has 4 heteroatoms. The molecular weight excluding hydrogens is 260 g/mol. The van der Waals surface area contributed by atoms with E-state index in [1.807, 2.05) is 13.0 Å². The Bertz CT molecular complexity index is 620. The quantitative estimate of drug-likeness (QED) is 0.863. The van der Waals surface area contributed by atoms with Gasteiger partial charge in [0.15, 0.2) is 0 Å². The van der Waals surface area contributed by atoms with Crippen molar-refractivity contribution in [1.82, 2.24) is 9.97 Å². The van der Waals surface area contributed by atoms with Gasteiger partial charge in [0.1, 0.15) is 17.5 Å². The number of nitrogens with one attached hydrogen (secondary N) is 2. The van der Waals surface area contributed by atoms with Crippen LogP contribution in [-0.2, 0) is 0 Å². The van der Waals surface area contributed by atoms with Gasteiger partial charge in [0, 0.05) is 18.3 Å². The van der Waals surface area contributed by atoms with Crippen LogP contribution in [0.25, 0.3) is 0 Å². The molecule has 0 bridgehead atoms. The smallest absolute Gasteiger partial charge is 0.136 e. The lowest BCUT2D eigenvalue weighted by Gasteiger charge is -2.12. The molecule has 0 radical (unpaired) electrons. The minimum Gasteiger partial charge on any atom is -0.370 e. The molecule has 1 aromatic heterocycles. The predicted octanol–water partition coefficient (Wildman–Crippen LogP) is 4.21. The number of aromatic nitrogens is 2. The van der Waals surface area contributed by atoms with Crippen LogP contribution in [0.1, 0.15) is 30.8 Å². The first-order valence-corrected chi connectivity index (χ1v) is 7.38. The van der Waals surface area contributed by atoms with Crippen molar-refractivity contribution in [3.05, 3.63) is 41.2 Å². The van der Waals surface area contributed by atoms with Crippen molar-refractivity contribution in [2.45, 2.75) is 34.6 Å². The largest absolute Gasteiger partial charge is 0.370 e. The van der Waals surface area contributed by atoms with Crippen LogP contribution < -0.4 is 10.6 Å². The molecule has 2 N–H and O–H groups in total. The molecule has 0 fully saturated rings. The maximum atomic E-state index is 4.45. The summed E-state index contributed by atoms with van der Waals surface area (Å²) in [5, 5.41) is 6.69. The number of benzene rings is 1. The second kappa shape index (κ2) is 6.57. The average molecular weight is 284 g/mol. The summed E-state index contributed by atoms with van der Waals surface area (Å²) in [7, 11) is 0. The fourth-order valence-corrected chi connectivity index (χ4v) is 2.00. The summed E-state index contributed by atoms with van der Waals surface area (Å²) in [4.78, 5) is 8.86. The highest BCUT2D eigenvalue weighted by Gasteiger charge is 2.04. The van der Waals surface area contributed by atoms with Crippen molar-refractivity contribution >= 4 is 17.3 Å². The maximum absolute atomic E-state index is 4.45. The summed E-state index contributed by atoms with van der Waals surface area (Å²) in [6, 6.07) is 8.27. The summed E-state index contributed by atoms with van der Waals surface area (Å²) in [5.74, 6) is 3.02. The van der Waals surface area contributed by atoms with E-state index in [1.165, 1.54) is 11.1 Å². The van der Waals surface area contributed by atoms with Crippen LogP contribution in [0.15, 0.2) is 24.3 Å². The molecule has 0 saturated heterocycles. The number of hydrogen-bond donors (Lipinski definition) is 2. The molecule has 112 valence electrons. The van der Waals surface area contributed by atoms with Gasteiger partial charge >= 0.3 is 0 Å². The Morgan fingerprint density at radius 1 is 0.952 bits per heavy atom. The van der Waals surface area contributed by atoms with Crippen molar-refractivity contribution in [3.63, 3.8) is 0 Å². The van der Waals surface area contributed by atoms with E-state index in [4.69, 9.17) is 0 Å². The SMILES string of the molecule is Cc1nc(NCC(C)C)cc(Nc2ccc(C)c(C)c2)n1. The van der Waals surface area contributed by atoms with Crippen LogP contribution in [0.3, 0.4) is 0 Å². The number of anilines is 3. The number of aryl methyl sites for hydroxylation is 3. The van der Waals surface area contributed by atoms with Crippen LogP contribution in [0, 0.1) is 26.7 Å². The van der Waals surface area contributed by atoms with Crippen molar-refractivity contribution in [3.8, 4) is 0 Å². The van der Waals surface area contributed by atoms with E-state index in [1.54, 1.807) is 0 Å². The van der Waals surface area contributed by atoms with Gasteiger partial charge in [-0.15, -0.1) is 0 Å². The van der Waals surface area contributed by atoms with Gasteiger partial charge in [-0.1, -0.05) is 19.9 Å². The third-order valence-electron chi connectivity index (χ3n) is 3.31. The summed E-state index contributed by atoms with van der Waals surface area (Å²) >= 11 is 0. The van der Waals surface area contributed by atoms with Crippen molar-refractivity contribution < 1.29 is 0 Å². The number of hydrogen-bond acceptors (Lipinski definition) is 4. The Morgan fingerprint density at radius 3 is 2.33 bits per heavy atom. The number of rotatable bonds is 5. The summed E-state index contributed by atoms with van der Waals surface area (Å²) in [5.41, 5.74) is 3.61. The molecule has 0 amide bonds. The van der Waals surface area contributed by atoms with E-state index < -0.39 is 0 Å². The molecule has 0 aliphatic rings. The molecule has 1 heterocycles. The Kier molecular flexibility index (Phi) is 4.78. The molecule has 21 heavy (non-hydrogen) atoms. The zero-order chi connectivity index (χ0) is 15.4. The lowest BCUT2D eigenvalue weighted by atomic mass is 10.1. The first kappa shape index (κ1) is 15.3. The Morgan fingerprint density at radius 2 is 1.67 bits per heavy atom. The molecular formula is C17H24N4. The molecule has 2 rings (SSSR count). The minimum absolute atomic E-state index is 0.580. The van der Waals surface area contributed by atoms with E-state index in [-0.39, 0.29) is 0 Å². The third kappa shape index (κ3) is 4.45. The summed E-state index contributed by atoms with van der Waals surface area (Å²) < 4.78 is 0. The van der Waals surface area contributed by atoms with E-state index in [0.29, 0.717) is 5.92 Å². The third-order valence-corrected chi connectivity index (χ3v) is 3.31. The van der Waals surface area contributed by atoms with Gasteiger partial charge in [0.25, 0.3) is 0 Å². The van der Waals surface area contributed by atoms with Crippen molar-refractivity contribution in [2.24, 2.45) is 5.92 Å². The van der Waals surface area contributed by atoms with Crippen LogP contribution in [0.2, 0.25) is 0 Å². The Balaban J connectivity index is 2.17. The van der Waals surface area contributed by atoms with Crippen LogP contribution in [-0.4, -0.2) is 16.5 Å². The zero-order valence-corrected chi connectivity index (χ0v) is 13.5. The van der Waals surface area contributed by atoms with Gasteiger partial charge in [-0.3, -0.25) is 0 Å². The molecule has 1 aromatic carbocycles. The maximum Gasteiger partial charge on any atom is 0.136 e. The van der Waals surface area contributed by atoms with Gasteiger partial charge in [0.2, 0.25) is 0 Å². The second-order valence-electron chi connectivity index (χ2n) is 5.88. The first-order valence-electron chi connectivity index (χ1n) is 7.38. The fourth-order valence-electron chi connectivity index (χ4n) is 2.00. The zero-order valence-electron chi connectivity index (χ0n) is 13.5. The molecule has 0 saturated carbocycles. The molecule has 0 atom stereocenters. The lowest BCUT2D eigenvalue weighted by Crippen LogP contribution is -2.10. The number of nitrogens with zero attached hydrogens (tertiary/aromatic N) is 2. The molecule has 0 spiro atoms. The Hall–Kier alpha value is -2.10. The van der Waals surface area contributed by atoms with Crippen LogP contribution in [0.5, 0.6) is 0 Å². The van der Waals surface area contributed by atoms with Gasteiger partial charge in [-0.25, -0.2) is 9.97 Å². The highest BCUT2D eigenvalue weighted by Crippen LogP contribution is 2.20. The van der Waals surface area contributed by atoms with Gasteiger partial charge in [-0.05, 0) is 49.9 Å². The second-order valence-corrected chi connectivity index (χ2v) is 5.88. The van der Waals surface area contributed by atoms with Crippen LogP contribution in [0.4, 0.5) is 17.3 Å². The van der Waals surface area contributed by atoms with E-state index in [9.17, 15) is 0 Å². The molecule has 4 nitrogen and oxygen atoms in total. The van der Waals surface area contributed by atoms with Crippen molar-refractivity contribution in [2.75, 3.05) is 17.2 Å². The van der Waals surface area contributed by atoms with Gasteiger partial charge < -0.3 is 10.6 Å². The van der Waals surface area contributed by atoms with E-state index in [2.05, 4.69) is 66.5 Å². The topological polar surface area (TPSA) is 49.8 Å². The van der Waals surface area contributed by atoms with E-state index >= 15 is 0 Å². The predicted molar refractivity (Wildman–Crippen MR) is 89.3 cm³/mol. The molecule has 0 unspecified atom stereocenters. The Labute approximate surface area is 127 Å². The minimum atomic E-state index is 0.580. The summed E-state index contributed by atoms with van der Waals surface area (Å²) in [6.07, 6.45) is 0. The van der Waals surface area contributed by atoms with Crippen molar-refractivity contribution in [1.29, 1.82) is 0 Å². The fraction of sp³-hybridized carbons (Fsp3) is 0.412. The molecule has 0 aliphatic carbocycles. The lowest BCUT2D eigenvalue weighted by molar-refractivity contribution is 0.686. The monoisotopic (exact) mass is 284 g/mol. The van der Waals surface area contributed by atoms with Gasteiger partial charge in [0.05, 0.1) is 0 Å². The standard InChI is InChI=1S/C17H24N4/c1-11(2)10-18-16-9-17(20-14(5)19-16)21-15-7-6-12(3)13(4)8-15/h6-9,11H,10H2,1-5H3,(H2,18,19,20,21). The average Bonchev–Trinajstić information content (AvgIpc) is 2.40. The van der Waals surface area contributed by atoms with Gasteiger partial charge in [-0.2, -0.15) is 0 Å². The van der Waals surface area contributed by atoms with Crippen LogP contribution >= 0.6 is 0 Å². The highest BCUT2D eigenvalue weighted by molar-refractivity contribution is 5.60. The summed E-state index contributed by atoms with van der Waals surface area (Å²) in [6.45, 7) is 11.4. The van der Waals surface area contributed by atoms with E-state index in [0.717, 1.165) is 29.7 Å². The normalized spacial score (nSPS) is 10.8. The molecule has 0 aliphatic heterocycles.